The van der Waals surface area contributed by atoms with Gasteiger partial charge >= 0.3 is 0 Å². The normalized spacial score (nSPS) is 3.60. The van der Waals surface area contributed by atoms with E-state index in [1.54, 1.807) is 6.92 Å². The third-order valence-corrected chi connectivity index (χ3v) is 0. The van der Waals surface area contributed by atoms with Crippen molar-refractivity contribution in [1.82, 2.24) is 0 Å². The Kier molecular flexibility index (Phi) is 67.6. The van der Waals surface area contributed by atoms with Crippen LogP contribution in [0.1, 0.15) is 6.92 Å². The van der Waals surface area contributed by atoms with E-state index in [0.717, 1.165) is 0 Å². The largest absolute Gasteiger partial charge is 0.397 e. The first-order valence-corrected chi connectivity index (χ1v) is 1.02. The van der Waals surface area contributed by atoms with E-state index < -0.39 is 0 Å². The summed E-state index contributed by atoms with van der Waals surface area (Å²) < 4.78 is 0. The van der Waals surface area contributed by atoms with E-state index in [0.29, 0.717) is 0 Å². The molecular weight excluding hydrogens is 123 g/mol. The zero-order chi connectivity index (χ0) is 2.71. The van der Waals surface area contributed by atoms with E-state index in [-0.39, 0.29) is 40.7 Å². The average molecular weight is 130 g/mol. The summed E-state index contributed by atoms with van der Waals surface area (Å²) >= 11 is 0. The third kappa shape index (κ3) is 46.9. The minimum Gasteiger partial charge on any atom is -0.397 e. The maximum Gasteiger partial charge on any atom is 0.0402 e. The number of hydrogen-bond donors (Lipinski definition) is 1. The monoisotopic (exact) mass is 130 g/mol. The van der Waals surface area contributed by atoms with E-state index in [9.17, 15) is 0 Å². The Morgan fingerprint density at radius 1 is 1.60 bits per heavy atom. The number of aliphatic hydroxyl groups excluding tert-OH is 1. The first kappa shape index (κ1) is 16.7. The van der Waals surface area contributed by atoms with Crippen LogP contribution in [0.3, 0.4) is 0 Å². The average Bonchev–Trinajstić information content (AvgIpc) is 0.918. The van der Waals surface area contributed by atoms with Crippen molar-refractivity contribution in [1.29, 1.82) is 0 Å². The van der Waals surface area contributed by atoms with Crippen LogP contribution in [0.25, 0.3) is 0 Å². The van der Waals surface area contributed by atoms with Crippen molar-refractivity contribution in [2.45, 2.75) is 6.92 Å². The summed E-state index contributed by atoms with van der Waals surface area (Å²) in [6, 6.07) is 0. The van der Waals surface area contributed by atoms with Gasteiger partial charge in [0, 0.05) is 28.3 Å². The van der Waals surface area contributed by atoms with Crippen LogP contribution in [0.5, 0.6) is 0 Å². The fourth-order valence-corrected chi connectivity index (χ4v) is 0. The molecule has 0 fully saturated rings. The Morgan fingerprint density at radius 2 is 1.60 bits per heavy atom. The van der Waals surface area contributed by atoms with Crippen LogP contribution in [-0.4, -0.2) is 11.7 Å². The van der Waals surface area contributed by atoms with Crippen molar-refractivity contribution in [2.24, 2.45) is 0 Å². The molecule has 0 aromatic heterocycles. The molecule has 32 valence electrons. The van der Waals surface area contributed by atoms with Gasteiger partial charge in [0.15, 0.2) is 0 Å². The quantitative estimate of drug-likeness (QED) is 0.471. The number of halogens is 1. The molecule has 0 aliphatic carbocycles. The van der Waals surface area contributed by atoms with Crippen LogP contribution in [0.4, 0.5) is 0 Å². The molecule has 0 aliphatic heterocycles. The fourth-order valence-electron chi connectivity index (χ4n) is 0. The van der Waals surface area contributed by atoms with Gasteiger partial charge < -0.3 is 5.11 Å². The van der Waals surface area contributed by atoms with E-state index in [1.807, 2.05) is 0 Å². The predicted molar refractivity (Wildman–Crippen MR) is 20.0 cm³/mol. The van der Waals surface area contributed by atoms with Crippen LogP contribution in [-0.2, 0) is 21.7 Å². The van der Waals surface area contributed by atoms with E-state index >= 15 is 0 Å². The van der Waals surface area contributed by atoms with E-state index in [2.05, 4.69) is 0 Å². The van der Waals surface area contributed by atoms with Crippen molar-refractivity contribution in [3.8, 4) is 0 Å². The van der Waals surface area contributed by atoms with Crippen LogP contribution >= 0.6 is 12.4 Å². The molecule has 0 saturated heterocycles. The smallest absolute Gasteiger partial charge is 0.0402 e. The standard InChI is InChI=1S/C2H6O.ClH.Ti/c1-2-3;;/h3H,2H2,1H3;1H;. The number of aliphatic hydroxyl groups is 1. The van der Waals surface area contributed by atoms with Crippen LogP contribution in [0, 0.1) is 0 Å². The van der Waals surface area contributed by atoms with Crippen LogP contribution in [0.15, 0.2) is 0 Å². The molecule has 0 rings (SSSR count). The molecule has 1 N–H and O–H groups in total. The Bertz CT molecular complexity index is 9.61. The van der Waals surface area contributed by atoms with Crippen molar-refractivity contribution < 1.29 is 26.8 Å². The van der Waals surface area contributed by atoms with Crippen molar-refractivity contribution in [2.75, 3.05) is 6.61 Å². The molecule has 0 spiro atoms. The number of rotatable bonds is 0. The Morgan fingerprint density at radius 3 is 1.60 bits per heavy atom. The topological polar surface area (TPSA) is 20.2 Å². The van der Waals surface area contributed by atoms with Gasteiger partial charge in [-0.2, -0.15) is 0 Å². The summed E-state index contributed by atoms with van der Waals surface area (Å²) in [4.78, 5) is 0. The Balaban J connectivity index is -0.0000000200. The predicted octanol–water partition coefficient (Wildman–Crippen LogP) is 0.418. The van der Waals surface area contributed by atoms with Gasteiger partial charge in [-0.05, 0) is 6.92 Å². The molecule has 0 heterocycles. The van der Waals surface area contributed by atoms with Gasteiger partial charge in [0.1, 0.15) is 0 Å². The Labute approximate surface area is 53.1 Å². The molecule has 0 amide bonds. The van der Waals surface area contributed by atoms with Gasteiger partial charge in [-0.1, -0.05) is 0 Å². The number of hydrogen-bond acceptors (Lipinski definition) is 1. The summed E-state index contributed by atoms with van der Waals surface area (Å²) in [7, 11) is 0. The van der Waals surface area contributed by atoms with E-state index in [1.165, 1.54) is 0 Å². The molecule has 5 heavy (non-hydrogen) atoms. The van der Waals surface area contributed by atoms with Crippen molar-refractivity contribution in [3.63, 3.8) is 0 Å². The zero-order valence-corrected chi connectivity index (χ0v) is 5.44. The third-order valence-electron chi connectivity index (χ3n) is 0. The van der Waals surface area contributed by atoms with Gasteiger partial charge in [-0.3, -0.25) is 0 Å². The molecule has 1 nitrogen and oxygen atoms in total. The van der Waals surface area contributed by atoms with Gasteiger partial charge in [0.05, 0.1) is 0 Å². The molecule has 0 aromatic rings. The van der Waals surface area contributed by atoms with Gasteiger partial charge in [0.25, 0.3) is 0 Å². The first-order valence-electron chi connectivity index (χ1n) is 1.02. The molecule has 0 aliphatic rings. The van der Waals surface area contributed by atoms with Crippen molar-refractivity contribution in [3.05, 3.63) is 0 Å². The molecule has 0 bridgehead atoms. The summed E-state index contributed by atoms with van der Waals surface area (Å²) in [5, 5.41) is 7.57. The first-order chi connectivity index (χ1) is 1.41. The van der Waals surface area contributed by atoms with Crippen LogP contribution in [0.2, 0.25) is 0 Å². The molecular formula is C2H7ClOTi. The van der Waals surface area contributed by atoms with Crippen molar-refractivity contribution >= 4 is 12.4 Å². The minimum atomic E-state index is 0. The minimum absolute atomic E-state index is 0. The summed E-state index contributed by atoms with van der Waals surface area (Å²) in [5.74, 6) is 0. The SMILES string of the molecule is CCO.Cl.[Ti]. The molecule has 0 aromatic carbocycles. The fraction of sp³-hybridized carbons (Fsp3) is 1.00. The van der Waals surface area contributed by atoms with E-state index in [4.69, 9.17) is 5.11 Å². The Hall–Kier alpha value is 0.964. The molecule has 3 heteroatoms. The van der Waals surface area contributed by atoms with Gasteiger partial charge in [0.2, 0.25) is 0 Å². The van der Waals surface area contributed by atoms with Crippen LogP contribution < -0.4 is 0 Å². The maximum atomic E-state index is 7.57. The summed E-state index contributed by atoms with van der Waals surface area (Å²) in [5.41, 5.74) is 0. The van der Waals surface area contributed by atoms with Gasteiger partial charge in [-0.15, -0.1) is 12.4 Å². The second-order valence-corrected chi connectivity index (χ2v) is 0.316. The second-order valence-electron chi connectivity index (χ2n) is 0.316. The second kappa shape index (κ2) is 20.2. The molecule has 0 saturated carbocycles. The van der Waals surface area contributed by atoms with Gasteiger partial charge in [-0.25, -0.2) is 0 Å². The maximum absolute atomic E-state index is 7.57. The zero-order valence-electron chi connectivity index (χ0n) is 3.06. The molecule has 0 radical (unpaired) electrons. The summed E-state index contributed by atoms with van der Waals surface area (Å²) in [6.07, 6.45) is 0. The molecule has 0 unspecified atom stereocenters. The summed E-state index contributed by atoms with van der Waals surface area (Å²) in [6.45, 7) is 1.93. The molecule has 0 atom stereocenters.